The van der Waals surface area contributed by atoms with Crippen LogP contribution in [0.1, 0.15) is 75.0 Å². The quantitative estimate of drug-likeness (QED) is 0.837. The number of aryl methyl sites for hydroxylation is 1. The molecule has 0 spiro atoms. The molecule has 2 rings (SSSR count). The van der Waals surface area contributed by atoms with Crippen LogP contribution in [0.4, 0.5) is 0 Å². The first-order chi connectivity index (χ1) is 8.88. The highest BCUT2D eigenvalue weighted by molar-refractivity contribution is 7.12. The third-order valence-corrected chi connectivity index (χ3v) is 5.35. The molecule has 1 fully saturated rings. The first-order valence-electron chi connectivity index (χ1n) is 7.27. The van der Waals surface area contributed by atoms with Gasteiger partial charge in [-0.1, -0.05) is 33.6 Å². The lowest BCUT2D eigenvalue weighted by atomic mass is 9.98. The average molecular weight is 282 g/mol. The van der Waals surface area contributed by atoms with Crippen molar-refractivity contribution < 1.29 is 4.84 Å². The fourth-order valence-electron chi connectivity index (χ4n) is 2.39. The summed E-state index contributed by atoms with van der Waals surface area (Å²) in [6.45, 7) is 10.9. The van der Waals surface area contributed by atoms with E-state index in [4.69, 9.17) is 9.82 Å². The van der Waals surface area contributed by atoms with Crippen LogP contribution in [0.15, 0.2) is 0 Å². The van der Waals surface area contributed by atoms with Crippen LogP contribution in [0.5, 0.6) is 0 Å². The van der Waals surface area contributed by atoms with E-state index in [0.717, 1.165) is 5.69 Å². The Bertz CT molecular complexity index is 416. The molecule has 0 bridgehead atoms. The Morgan fingerprint density at radius 3 is 2.47 bits per heavy atom. The molecule has 1 aromatic rings. The van der Waals surface area contributed by atoms with E-state index >= 15 is 0 Å². The van der Waals surface area contributed by atoms with Crippen molar-refractivity contribution in [3.8, 4) is 0 Å². The van der Waals surface area contributed by atoms with Crippen LogP contribution in [0.3, 0.4) is 0 Å². The molecule has 1 N–H and O–H groups in total. The van der Waals surface area contributed by atoms with E-state index in [2.05, 4.69) is 40.1 Å². The van der Waals surface area contributed by atoms with Gasteiger partial charge >= 0.3 is 0 Å². The molecule has 1 aromatic heterocycles. The molecule has 0 aromatic carbocycles. The normalized spacial score (nSPS) is 19.0. The number of hydrogen-bond donors (Lipinski definition) is 1. The van der Waals surface area contributed by atoms with Gasteiger partial charge in [-0.15, -0.1) is 11.3 Å². The highest BCUT2D eigenvalue weighted by Gasteiger charge is 2.23. The molecule has 3 nitrogen and oxygen atoms in total. The summed E-state index contributed by atoms with van der Waals surface area (Å²) in [5.74, 6) is 0. The molecule has 19 heavy (non-hydrogen) atoms. The lowest BCUT2D eigenvalue weighted by Gasteiger charge is -2.17. The minimum atomic E-state index is 0.125. The van der Waals surface area contributed by atoms with Gasteiger partial charge in [0.25, 0.3) is 0 Å². The Morgan fingerprint density at radius 2 is 1.95 bits per heavy atom. The molecule has 1 aliphatic rings. The molecule has 1 saturated carbocycles. The molecule has 1 aliphatic carbocycles. The SMILES string of the molecule is Cc1nc(C(C)(C)C)sc1C(C)NOC1CCCC1. The molecule has 4 heteroatoms. The van der Waals surface area contributed by atoms with E-state index < -0.39 is 0 Å². The minimum Gasteiger partial charge on any atom is -0.298 e. The van der Waals surface area contributed by atoms with Crippen LogP contribution in [0, 0.1) is 6.92 Å². The van der Waals surface area contributed by atoms with E-state index in [1.54, 1.807) is 11.3 Å². The molecular weight excluding hydrogens is 256 g/mol. The molecule has 0 radical (unpaired) electrons. The summed E-state index contributed by atoms with van der Waals surface area (Å²) in [5, 5.41) is 1.20. The fraction of sp³-hybridized carbons (Fsp3) is 0.800. The van der Waals surface area contributed by atoms with Crippen molar-refractivity contribution in [1.82, 2.24) is 10.5 Å². The highest BCUT2D eigenvalue weighted by atomic mass is 32.1. The Kier molecular flexibility index (Phi) is 4.64. The van der Waals surface area contributed by atoms with E-state index in [1.165, 1.54) is 35.6 Å². The Balaban J connectivity index is 1.98. The molecule has 0 saturated heterocycles. The third kappa shape index (κ3) is 3.77. The Hall–Kier alpha value is -0.450. The van der Waals surface area contributed by atoms with Gasteiger partial charge in [0.05, 0.1) is 22.8 Å². The standard InChI is InChI=1S/C15H26N2OS/c1-10-13(19-14(16-10)15(3,4)5)11(2)17-18-12-8-6-7-9-12/h11-12,17H,6-9H2,1-5H3. The maximum atomic E-state index is 5.80. The summed E-state index contributed by atoms with van der Waals surface area (Å²) >= 11 is 1.80. The van der Waals surface area contributed by atoms with Crippen LogP contribution in [-0.2, 0) is 10.3 Å². The smallest absolute Gasteiger partial charge is 0.0985 e. The number of hydrogen-bond acceptors (Lipinski definition) is 4. The topological polar surface area (TPSA) is 34.2 Å². The molecule has 1 atom stereocenters. The van der Waals surface area contributed by atoms with Crippen molar-refractivity contribution in [1.29, 1.82) is 0 Å². The minimum absolute atomic E-state index is 0.125. The van der Waals surface area contributed by atoms with Crippen molar-refractivity contribution in [2.24, 2.45) is 0 Å². The predicted molar refractivity (Wildman–Crippen MR) is 80.4 cm³/mol. The second-order valence-corrected chi connectivity index (χ2v) is 7.61. The first kappa shape index (κ1) is 14.9. The number of hydroxylamine groups is 1. The van der Waals surface area contributed by atoms with Gasteiger partial charge in [-0.25, -0.2) is 4.98 Å². The zero-order chi connectivity index (χ0) is 14.0. The second-order valence-electron chi connectivity index (χ2n) is 6.58. The monoisotopic (exact) mass is 282 g/mol. The predicted octanol–water partition coefficient (Wildman–Crippen LogP) is 4.27. The first-order valence-corrected chi connectivity index (χ1v) is 8.08. The van der Waals surface area contributed by atoms with Gasteiger partial charge in [-0.2, -0.15) is 5.48 Å². The maximum absolute atomic E-state index is 5.80. The number of aromatic nitrogens is 1. The van der Waals surface area contributed by atoms with Crippen molar-refractivity contribution in [2.75, 3.05) is 0 Å². The van der Waals surface area contributed by atoms with E-state index in [0.29, 0.717) is 6.10 Å². The van der Waals surface area contributed by atoms with Gasteiger partial charge in [0, 0.05) is 10.3 Å². The number of nitrogens with zero attached hydrogens (tertiary/aromatic N) is 1. The number of nitrogens with one attached hydrogen (secondary N) is 1. The Labute approximate surface area is 120 Å². The van der Waals surface area contributed by atoms with Gasteiger partial charge in [0.1, 0.15) is 0 Å². The highest BCUT2D eigenvalue weighted by Crippen LogP contribution is 2.32. The zero-order valence-electron chi connectivity index (χ0n) is 12.7. The molecular formula is C15H26N2OS. The molecule has 108 valence electrons. The summed E-state index contributed by atoms with van der Waals surface area (Å²) in [6, 6.07) is 0.217. The van der Waals surface area contributed by atoms with Crippen molar-refractivity contribution in [3.05, 3.63) is 15.6 Å². The van der Waals surface area contributed by atoms with Crippen LogP contribution >= 0.6 is 11.3 Å². The third-order valence-electron chi connectivity index (χ3n) is 3.58. The summed E-state index contributed by atoms with van der Waals surface area (Å²) in [6.07, 6.45) is 5.38. The van der Waals surface area contributed by atoms with Crippen LogP contribution in [0.2, 0.25) is 0 Å². The summed E-state index contributed by atoms with van der Waals surface area (Å²) in [4.78, 5) is 11.8. The van der Waals surface area contributed by atoms with Gasteiger partial charge < -0.3 is 0 Å². The summed E-state index contributed by atoms with van der Waals surface area (Å²) < 4.78 is 0. The van der Waals surface area contributed by atoms with Crippen molar-refractivity contribution in [2.45, 2.75) is 77.9 Å². The molecule has 0 amide bonds. The molecule has 0 aliphatic heterocycles. The Morgan fingerprint density at radius 1 is 1.32 bits per heavy atom. The second kappa shape index (κ2) is 5.90. The van der Waals surface area contributed by atoms with E-state index in [-0.39, 0.29) is 11.5 Å². The average Bonchev–Trinajstić information content (AvgIpc) is 2.93. The zero-order valence-corrected chi connectivity index (χ0v) is 13.6. The van der Waals surface area contributed by atoms with Crippen molar-refractivity contribution >= 4 is 11.3 Å². The fourth-order valence-corrected chi connectivity index (χ4v) is 3.50. The summed E-state index contributed by atoms with van der Waals surface area (Å²) in [7, 11) is 0. The lowest BCUT2D eigenvalue weighted by Crippen LogP contribution is -2.24. The maximum Gasteiger partial charge on any atom is 0.0985 e. The largest absolute Gasteiger partial charge is 0.298 e. The van der Waals surface area contributed by atoms with Crippen LogP contribution < -0.4 is 5.48 Å². The van der Waals surface area contributed by atoms with Gasteiger partial charge in [0.2, 0.25) is 0 Å². The van der Waals surface area contributed by atoms with Gasteiger partial charge in [0.15, 0.2) is 0 Å². The molecule has 1 heterocycles. The summed E-state index contributed by atoms with van der Waals surface area (Å²) in [5.41, 5.74) is 4.47. The number of rotatable bonds is 4. The van der Waals surface area contributed by atoms with Gasteiger partial charge in [-0.05, 0) is 26.7 Å². The lowest BCUT2D eigenvalue weighted by molar-refractivity contribution is -0.0372. The van der Waals surface area contributed by atoms with Crippen LogP contribution in [0.25, 0.3) is 0 Å². The number of thiazole rings is 1. The van der Waals surface area contributed by atoms with E-state index in [1.807, 2.05) is 0 Å². The van der Waals surface area contributed by atoms with Crippen LogP contribution in [-0.4, -0.2) is 11.1 Å². The van der Waals surface area contributed by atoms with Gasteiger partial charge in [-0.3, -0.25) is 4.84 Å². The molecule has 1 unspecified atom stereocenters. The van der Waals surface area contributed by atoms with Crippen molar-refractivity contribution in [3.63, 3.8) is 0 Å². The van der Waals surface area contributed by atoms with E-state index in [9.17, 15) is 0 Å².